The first-order chi connectivity index (χ1) is 8.63. The topological polar surface area (TPSA) is 61.0 Å². The Morgan fingerprint density at radius 2 is 2.06 bits per heavy atom. The van der Waals surface area contributed by atoms with Gasteiger partial charge in [0.1, 0.15) is 5.69 Å². The fraction of sp³-hybridized carbons (Fsp3) is 0.167. The second-order valence-electron chi connectivity index (χ2n) is 3.59. The lowest BCUT2D eigenvalue weighted by atomic mass is 10.0. The van der Waals surface area contributed by atoms with Gasteiger partial charge in [-0.3, -0.25) is 4.98 Å². The molecule has 18 heavy (non-hydrogen) atoms. The van der Waals surface area contributed by atoms with Crippen molar-refractivity contribution in [2.45, 2.75) is 6.04 Å². The Morgan fingerprint density at radius 1 is 1.33 bits per heavy atom. The number of rotatable bonds is 3. The minimum Gasteiger partial charge on any atom is -0.480 e. The molecule has 0 aliphatic heterocycles. The Morgan fingerprint density at radius 3 is 2.78 bits per heavy atom. The molecule has 6 heteroatoms. The molecule has 1 atom stereocenters. The molecule has 2 rings (SSSR count). The van der Waals surface area contributed by atoms with Gasteiger partial charge in [-0.25, -0.2) is 4.98 Å². The van der Waals surface area contributed by atoms with E-state index < -0.39 is 6.04 Å². The number of methoxy groups -OCH3 is 1. The van der Waals surface area contributed by atoms with E-state index in [1.807, 2.05) is 6.07 Å². The molecule has 2 aromatic rings. The Kier molecular flexibility index (Phi) is 4.16. The molecule has 1 aromatic carbocycles. The van der Waals surface area contributed by atoms with Crippen molar-refractivity contribution in [1.29, 1.82) is 0 Å². The lowest BCUT2D eigenvalue weighted by Crippen LogP contribution is -2.16. The molecule has 1 aromatic heterocycles. The van der Waals surface area contributed by atoms with Crippen LogP contribution in [0.15, 0.2) is 35.1 Å². The number of ether oxygens (including phenoxy) is 1. The molecule has 0 saturated carbocycles. The highest BCUT2D eigenvalue weighted by atomic mass is 79.9. The van der Waals surface area contributed by atoms with E-state index in [9.17, 15) is 0 Å². The van der Waals surface area contributed by atoms with Gasteiger partial charge < -0.3 is 10.5 Å². The summed E-state index contributed by atoms with van der Waals surface area (Å²) >= 11 is 9.43. The summed E-state index contributed by atoms with van der Waals surface area (Å²) in [6.07, 6.45) is 3.14. The van der Waals surface area contributed by atoms with Gasteiger partial charge in [0.15, 0.2) is 0 Å². The average Bonchev–Trinajstić information content (AvgIpc) is 2.40. The van der Waals surface area contributed by atoms with Gasteiger partial charge in [0.25, 0.3) is 0 Å². The molecule has 4 nitrogen and oxygen atoms in total. The second kappa shape index (κ2) is 5.65. The lowest BCUT2D eigenvalue weighted by molar-refractivity contribution is 0.387. The molecule has 0 fully saturated rings. The zero-order chi connectivity index (χ0) is 13.1. The first-order valence-corrected chi connectivity index (χ1v) is 6.36. The first-order valence-electron chi connectivity index (χ1n) is 5.19. The van der Waals surface area contributed by atoms with Crippen LogP contribution >= 0.6 is 27.5 Å². The maximum atomic E-state index is 6.19. The van der Waals surface area contributed by atoms with Crippen molar-refractivity contribution in [3.63, 3.8) is 0 Å². The van der Waals surface area contributed by atoms with E-state index in [0.29, 0.717) is 16.6 Å². The van der Waals surface area contributed by atoms with Gasteiger partial charge in [0.2, 0.25) is 5.88 Å². The highest BCUT2D eigenvalue weighted by Crippen LogP contribution is 2.31. The monoisotopic (exact) mass is 327 g/mol. The highest BCUT2D eigenvalue weighted by molar-refractivity contribution is 9.10. The van der Waals surface area contributed by atoms with Crippen molar-refractivity contribution >= 4 is 27.5 Å². The number of halogens is 2. The third kappa shape index (κ3) is 2.63. The van der Waals surface area contributed by atoms with Crippen LogP contribution in [0.4, 0.5) is 0 Å². The fourth-order valence-electron chi connectivity index (χ4n) is 1.61. The van der Waals surface area contributed by atoms with Gasteiger partial charge >= 0.3 is 0 Å². The van der Waals surface area contributed by atoms with Crippen molar-refractivity contribution in [1.82, 2.24) is 9.97 Å². The van der Waals surface area contributed by atoms with Crippen LogP contribution in [0.5, 0.6) is 5.88 Å². The van der Waals surface area contributed by atoms with Crippen LogP contribution in [0.25, 0.3) is 0 Å². The summed E-state index contributed by atoms with van der Waals surface area (Å²) < 4.78 is 6.02. The van der Waals surface area contributed by atoms with E-state index in [1.54, 1.807) is 24.5 Å². The van der Waals surface area contributed by atoms with Crippen LogP contribution < -0.4 is 10.5 Å². The van der Waals surface area contributed by atoms with Crippen LogP contribution in [-0.4, -0.2) is 17.1 Å². The Labute approximate surface area is 118 Å². The summed E-state index contributed by atoms with van der Waals surface area (Å²) in [4.78, 5) is 8.30. The zero-order valence-electron chi connectivity index (χ0n) is 9.60. The smallest absolute Gasteiger partial charge is 0.237 e. The highest BCUT2D eigenvalue weighted by Gasteiger charge is 2.19. The van der Waals surface area contributed by atoms with Gasteiger partial charge in [-0.2, -0.15) is 0 Å². The molecule has 0 amide bonds. The number of benzene rings is 1. The SMILES string of the molecule is COc1nccnc1C(N)c1cc(Cl)ccc1Br. The molecule has 2 N–H and O–H groups in total. The van der Waals surface area contributed by atoms with Gasteiger partial charge in [-0.1, -0.05) is 27.5 Å². The number of nitrogens with zero attached hydrogens (tertiary/aromatic N) is 2. The fourth-order valence-corrected chi connectivity index (χ4v) is 2.28. The minimum atomic E-state index is -0.457. The molecule has 0 aliphatic carbocycles. The predicted octanol–water partition coefficient (Wildman–Crippen LogP) is 2.95. The standard InChI is InChI=1S/C12H11BrClN3O/c1-18-12-11(16-4-5-17-12)10(15)8-6-7(14)2-3-9(8)13/h2-6,10H,15H2,1H3. The largest absolute Gasteiger partial charge is 0.480 e. The second-order valence-corrected chi connectivity index (χ2v) is 4.89. The van der Waals surface area contributed by atoms with Crippen LogP contribution in [0, 0.1) is 0 Å². The molecule has 0 spiro atoms. The van der Waals surface area contributed by atoms with Crippen molar-refractivity contribution in [3.05, 3.63) is 51.3 Å². The van der Waals surface area contributed by atoms with E-state index in [-0.39, 0.29) is 0 Å². The summed E-state index contributed by atoms with van der Waals surface area (Å²) in [6.45, 7) is 0. The van der Waals surface area contributed by atoms with Crippen LogP contribution in [0.3, 0.4) is 0 Å². The van der Waals surface area contributed by atoms with Crippen LogP contribution in [0.2, 0.25) is 5.02 Å². The number of nitrogens with two attached hydrogens (primary N) is 1. The van der Waals surface area contributed by atoms with Crippen molar-refractivity contribution in [2.75, 3.05) is 7.11 Å². The summed E-state index contributed by atoms with van der Waals surface area (Å²) in [7, 11) is 1.53. The Balaban J connectivity index is 2.47. The molecule has 0 aliphatic rings. The number of hydrogen-bond donors (Lipinski definition) is 1. The van der Waals surface area contributed by atoms with Gasteiger partial charge in [0, 0.05) is 21.9 Å². The molecule has 1 unspecified atom stereocenters. The van der Waals surface area contributed by atoms with Gasteiger partial charge in [0.05, 0.1) is 13.2 Å². The number of aromatic nitrogens is 2. The molecule has 0 bridgehead atoms. The van der Waals surface area contributed by atoms with E-state index in [1.165, 1.54) is 7.11 Å². The van der Waals surface area contributed by atoms with Crippen molar-refractivity contribution in [2.24, 2.45) is 5.73 Å². The third-order valence-corrected chi connectivity index (χ3v) is 3.43. The summed E-state index contributed by atoms with van der Waals surface area (Å²) in [5, 5.41) is 0.617. The maximum Gasteiger partial charge on any atom is 0.237 e. The minimum absolute atomic E-state index is 0.414. The molecule has 94 valence electrons. The molecular weight excluding hydrogens is 318 g/mol. The quantitative estimate of drug-likeness (QED) is 0.941. The molecular formula is C12H11BrClN3O. The Hall–Kier alpha value is -1.17. The number of hydrogen-bond acceptors (Lipinski definition) is 4. The maximum absolute atomic E-state index is 6.19. The first kappa shape index (κ1) is 13.3. The summed E-state index contributed by atoms with van der Waals surface area (Å²) in [5.41, 5.74) is 7.60. The normalized spacial score (nSPS) is 12.2. The zero-order valence-corrected chi connectivity index (χ0v) is 11.9. The third-order valence-electron chi connectivity index (χ3n) is 2.47. The van der Waals surface area contributed by atoms with Crippen molar-refractivity contribution in [3.8, 4) is 5.88 Å². The molecule has 0 radical (unpaired) electrons. The van der Waals surface area contributed by atoms with E-state index in [0.717, 1.165) is 10.0 Å². The predicted molar refractivity (Wildman–Crippen MR) is 73.8 cm³/mol. The van der Waals surface area contributed by atoms with Crippen LogP contribution in [-0.2, 0) is 0 Å². The average molecular weight is 329 g/mol. The molecule has 0 saturated heterocycles. The van der Waals surface area contributed by atoms with Crippen LogP contribution in [0.1, 0.15) is 17.3 Å². The van der Waals surface area contributed by atoms with Gasteiger partial charge in [-0.15, -0.1) is 0 Å². The Bertz CT molecular complexity index is 565. The van der Waals surface area contributed by atoms with E-state index in [2.05, 4.69) is 25.9 Å². The van der Waals surface area contributed by atoms with E-state index >= 15 is 0 Å². The van der Waals surface area contributed by atoms with Crippen molar-refractivity contribution < 1.29 is 4.74 Å². The van der Waals surface area contributed by atoms with Gasteiger partial charge in [-0.05, 0) is 23.8 Å². The van der Waals surface area contributed by atoms with E-state index in [4.69, 9.17) is 22.1 Å². The lowest BCUT2D eigenvalue weighted by Gasteiger charge is -2.15. The summed E-state index contributed by atoms with van der Waals surface area (Å²) in [5.74, 6) is 0.414. The summed E-state index contributed by atoms with van der Waals surface area (Å²) in [6, 6.07) is 4.97. The molecule has 1 heterocycles.